The van der Waals surface area contributed by atoms with E-state index in [1.165, 1.54) is 6.92 Å². The van der Waals surface area contributed by atoms with Crippen LogP contribution in [0.5, 0.6) is 0 Å². The molecule has 7 heteroatoms. The molecule has 1 saturated heterocycles. The third-order valence-electron chi connectivity index (χ3n) is 2.19. The Kier molecular flexibility index (Phi) is 3.54. The molecule has 0 aliphatic carbocycles. The Morgan fingerprint density at radius 1 is 1.53 bits per heavy atom. The van der Waals surface area contributed by atoms with Gasteiger partial charge < -0.3 is 9.64 Å². The van der Waals surface area contributed by atoms with Crippen molar-refractivity contribution in [3.63, 3.8) is 0 Å². The minimum absolute atomic E-state index is 0.0810. The molecule has 1 fully saturated rings. The smallest absolute Gasteiger partial charge is 0.377 e. The van der Waals surface area contributed by atoms with Crippen LogP contribution in [0, 0.1) is 0 Å². The fraction of sp³-hybridized carbons (Fsp3) is 0.875. The van der Waals surface area contributed by atoms with Crippen molar-refractivity contribution in [1.82, 2.24) is 4.90 Å². The molecule has 88 valence electrons. The van der Waals surface area contributed by atoms with Gasteiger partial charge in [-0.2, -0.15) is 8.78 Å². The second kappa shape index (κ2) is 4.34. The number of rotatable bonds is 2. The second-order valence-corrected chi connectivity index (χ2v) is 3.35. The maximum atomic E-state index is 12.7. The maximum Gasteiger partial charge on any atom is 0.383 e. The Morgan fingerprint density at radius 2 is 2.13 bits per heavy atom. The van der Waals surface area contributed by atoms with Gasteiger partial charge in [0.1, 0.15) is 0 Å². The zero-order valence-corrected chi connectivity index (χ0v) is 8.05. The van der Waals surface area contributed by atoms with Gasteiger partial charge in [0, 0.05) is 6.54 Å². The highest BCUT2D eigenvalue weighted by atomic mass is 19.3. The van der Waals surface area contributed by atoms with Crippen LogP contribution in [-0.2, 0) is 9.53 Å². The predicted molar refractivity (Wildman–Crippen MR) is 42.9 cm³/mol. The molecule has 0 bridgehead atoms. The van der Waals surface area contributed by atoms with Crippen LogP contribution < -0.4 is 0 Å². The molecule has 15 heavy (non-hydrogen) atoms. The van der Waals surface area contributed by atoms with E-state index in [2.05, 4.69) is 0 Å². The molecule has 0 spiro atoms. The van der Waals surface area contributed by atoms with Crippen molar-refractivity contribution in [2.75, 3.05) is 19.8 Å². The van der Waals surface area contributed by atoms with Crippen LogP contribution in [0.4, 0.5) is 17.6 Å². The van der Waals surface area contributed by atoms with Gasteiger partial charge in [0.15, 0.2) is 0 Å². The molecule has 0 aromatic rings. The van der Waals surface area contributed by atoms with Crippen molar-refractivity contribution < 1.29 is 27.1 Å². The molecule has 1 atom stereocenters. The molecule has 1 amide bonds. The molecule has 3 nitrogen and oxygen atoms in total. The summed E-state index contributed by atoms with van der Waals surface area (Å²) in [5, 5.41) is 0. The molecular formula is C8H11F4NO2. The molecule has 1 unspecified atom stereocenters. The zero-order valence-electron chi connectivity index (χ0n) is 8.05. The van der Waals surface area contributed by atoms with E-state index in [1.807, 2.05) is 0 Å². The Morgan fingerprint density at radius 3 is 2.60 bits per heavy atom. The van der Waals surface area contributed by atoms with E-state index in [-0.39, 0.29) is 19.8 Å². The molecular weight excluding hydrogens is 218 g/mol. The molecule has 0 aromatic heterocycles. The minimum atomic E-state index is -4.61. The van der Waals surface area contributed by atoms with E-state index in [9.17, 15) is 22.4 Å². The number of hydrogen-bond acceptors (Lipinski definition) is 2. The molecule has 1 aliphatic rings. The van der Waals surface area contributed by atoms with Gasteiger partial charge in [-0.3, -0.25) is 4.79 Å². The Bertz CT molecular complexity index is 247. The van der Waals surface area contributed by atoms with Gasteiger partial charge >= 0.3 is 12.3 Å². The minimum Gasteiger partial charge on any atom is -0.377 e. The number of hydrogen-bond donors (Lipinski definition) is 0. The van der Waals surface area contributed by atoms with Crippen molar-refractivity contribution in [2.24, 2.45) is 0 Å². The van der Waals surface area contributed by atoms with Crippen LogP contribution in [0.2, 0.25) is 0 Å². The Hall–Kier alpha value is -0.850. The monoisotopic (exact) mass is 229 g/mol. The summed E-state index contributed by atoms with van der Waals surface area (Å²) in [6, 6.07) is -0.601. The lowest BCUT2D eigenvalue weighted by Gasteiger charge is -2.35. The van der Waals surface area contributed by atoms with Crippen molar-refractivity contribution in [3.8, 4) is 0 Å². The van der Waals surface area contributed by atoms with Gasteiger partial charge in [0.25, 0.3) is 5.91 Å². The summed E-state index contributed by atoms with van der Waals surface area (Å²) in [6.45, 7) is 1.57. The fourth-order valence-corrected chi connectivity index (χ4v) is 1.31. The first-order chi connectivity index (χ1) is 6.87. The first-order valence-electron chi connectivity index (χ1n) is 4.42. The van der Waals surface area contributed by atoms with Crippen molar-refractivity contribution in [1.29, 1.82) is 0 Å². The summed E-state index contributed by atoms with van der Waals surface area (Å²) in [7, 11) is 0. The molecule has 0 N–H and O–H groups in total. The van der Waals surface area contributed by atoms with E-state index < -0.39 is 24.3 Å². The van der Waals surface area contributed by atoms with Gasteiger partial charge in [0.2, 0.25) is 0 Å². The van der Waals surface area contributed by atoms with E-state index in [0.717, 1.165) is 4.90 Å². The average Bonchev–Trinajstić information content (AvgIpc) is 2.17. The topological polar surface area (TPSA) is 29.5 Å². The third-order valence-corrected chi connectivity index (χ3v) is 2.19. The Labute approximate surface area is 84.0 Å². The van der Waals surface area contributed by atoms with E-state index in [4.69, 9.17) is 4.74 Å². The quantitative estimate of drug-likeness (QED) is 0.664. The number of ether oxygens (including phenoxy) is 1. The number of carbonyl (C=O) groups excluding carboxylic acids is 1. The summed E-state index contributed by atoms with van der Waals surface area (Å²) < 4.78 is 54.2. The number of nitrogens with zero attached hydrogens (tertiary/aromatic N) is 1. The second-order valence-electron chi connectivity index (χ2n) is 3.35. The van der Waals surface area contributed by atoms with Crippen LogP contribution in [0.1, 0.15) is 6.92 Å². The normalized spacial score (nSPS) is 23.3. The fourth-order valence-electron chi connectivity index (χ4n) is 1.31. The SMILES string of the molecule is CC1COCCN1C(=O)C(F)(F)C(F)F. The molecule has 1 aliphatic heterocycles. The van der Waals surface area contributed by atoms with Crippen molar-refractivity contribution in [3.05, 3.63) is 0 Å². The number of morpholine rings is 1. The predicted octanol–water partition coefficient (Wildman–Crippen LogP) is 1.13. The van der Waals surface area contributed by atoms with Gasteiger partial charge in [-0.1, -0.05) is 0 Å². The highest BCUT2D eigenvalue weighted by Crippen LogP contribution is 2.26. The number of amides is 1. The van der Waals surface area contributed by atoms with Crippen molar-refractivity contribution >= 4 is 5.91 Å². The van der Waals surface area contributed by atoms with Crippen LogP contribution in [0.15, 0.2) is 0 Å². The molecule has 0 saturated carbocycles. The third kappa shape index (κ3) is 2.39. The van der Waals surface area contributed by atoms with Gasteiger partial charge in [-0.25, -0.2) is 8.78 Å². The lowest BCUT2D eigenvalue weighted by molar-refractivity contribution is -0.187. The van der Waals surface area contributed by atoms with E-state index in [1.54, 1.807) is 0 Å². The summed E-state index contributed by atoms with van der Waals surface area (Å²) in [4.78, 5) is 11.8. The molecule has 1 heterocycles. The van der Waals surface area contributed by atoms with Crippen LogP contribution in [0.25, 0.3) is 0 Å². The Balaban J connectivity index is 2.74. The molecule has 0 aromatic carbocycles. The first-order valence-corrected chi connectivity index (χ1v) is 4.42. The molecule has 1 rings (SSSR count). The van der Waals surface area contributed by atoms with Crippen LogP contribution in [0.3, 0.4) is 0 Å². The highest BCUT2D eigenvalue weighted by molar-refractivity contribution is 5.84. The lowest BCUT2D eigenvalue weighted by atomic mass is 10.2. The zero-order chi connectivity index (χ0) is 11.6. The number of alkyl halides is 4. The van der Waals surface area contributed by atoms with Gasteiger partial charge in [0.05, 0.1) is 19.3 Å². The summed E-state index contributed by atoms with van der Waals surface area (Å²) >= 11 is 0. The summed E-state index contributed by atoms with van der Waals surface area (Å²) in [6.07, 6.45) is -3.97. The van der Waals surface area contributed by atoms with E-state index >= 15 is 0 Å². The standard InChI is InChI=1S/C8H11F4NO2/c1-5-4-15-3-2-13(5)7(14)8(11,12)6(9)10/h5-6H,2-4H2,1H3. The van der Waals surface area contributed by atoms with E-state index in [0.29, 0.717) is 0 Å². The molecule has 0 radical (unpaired) electrons. The van der Waals surface area contributed by atoms with Crippen molar-refractivity contribution in [2.45, 2.75) is 25.3 Å². The lowest BCUT2D eigenvalue weighted by Crippen LogP contribution is -2.55. The maximum absolute atomic E-state index is 12.7. The summed E-state index contributed by atoms with van der Waals surface area (Å²) in [5.74, 6) is -6.43. The number of halogens is 4. The highest BCUT2D eigenvalue weighted by Gasteiger charge is 2.52. The first kappa shape index (κ1) is 12.2. The average molecular weight is 229 g/mol. The van der Waals surface area contributed by atoms with Crippen LogP contribution >= 0.6 is 0 Å². The summed E-state index contributed by atoms with van der Waals surface area (Å²) in [5.41, 5.74) is 0. The largest absolute Gasteiger partial charge is 0.383 e. The van der Waals surface area contributed by atoms with Gasteiger partial charge in [-0.15, -0.1) is 0 Å². The van der Waals surface area contributed by atoms with Gasteiger partial charge in [-0.05, 0) is 6.92 Å². The van der Waals surface area contributed by atoms with Crippen LogP contribution in [-0.4, -0.2) is 49.0 Å². The number of carbonyl (C=O) groups is 1.